The van der Waals surface area contributed by atoms with Crippen LogP contribution in [0.2, 0.25) is 0 Å². The third-order valence-corrected chi connectivity index (χ3v) is 6.53. The van der Waals surface area contributed by atoms with Crippen molar-refractivity contribution in [3.05, 3.63) is 42.5 Å². The first-order valence-electron chi connectivity index (χ1n) is 11.4. The van der Waals surface area contributed by atoms with E-state index in [1.165, 1.54) is 18.4 Å². The average molecular weight is 429 g/mol. The number of aromatic nitrogens is 7. The van der Waals surface area contributed by atoms with Crippen LogP contribution in [0.3, 0.4) is 0 Å². The second kappa shape index (κ2) is 7.09. The summed E-state index contributed by atoms with van der Waals surface area (Å²) >= 11 is 0. The average Bonchev–Trinajstić information content (AvgIpc) is 3.79. The molecule has 4 aromatic rings. The second-order valence-corrected chi connectivity index (χ2v) is 8.88. The molecule has 162 valence electrons. The van der Waals surface area contributed by atoms with Crippen molar-refractivity contribution < 1.29 is 4.74 Å². The summed E-state index contributed by atoms with van der Waals surface area (Å²) in [6, 6.07) is 4.44. The molecule has 0 bridgehead atoms. The number of imidazole rings is 1. The number of fused-ring (bicyclic) bond motifs is 1. The first-order chi connectivity index (χ1) is 15.8. The number of anilines is 1. The summed E-state index contributed by atoms with van der Waals surface area (Å²) in [6.45, 7) is 2.96. The number of morpholine rings is 1. The number of pyridine rings is 1. The predicted molar refractivity (Wildman–Crippen MR) is 119 cm³/mol. The van der Waals surface area contributed by atoms with E-state index in [0.29, 0.717) is 31.1 Å². The molecule has 9 heteroatoms. The number of rotatable bonds is 5. The Balaban J connectivity index is 1.45. The van der Waals surface area contributed by atoms with Gasteiger partial charge in [-0.05, 0) is 49.3 Å². The lowest BCUT2D eigenvalue weighted by atomic mass is 10.2. The SMILES string of the molecule is c1cc(-c2nc3c(N4CCOCC4)nc(-n4cc(C5CC5)cn4)nc3n2C2CC2)ccn1. The van der Waals surface area contributed by atoms with E-state index in [9.17, 15) is 0 Å². The van der Waals surface area contributed by atoms with Crippen molar-refractivity contribution in [2.24, 2.45) is 0 Å². The molecule has 0 amide bonds. The van der Waals surface area contributed by atoms with Crippen LogP contribution in [0.1, 0.15) is 43.2 Å². The van der Waals surface area contributed by atoms with Crippen molar-refractivity contribution in [2.45, 2.75) is 37.6 Å². The molecule has 2 saturated carbocycles. The van der Waals surface area contributed by atoms with Crippen LogP contribution in [-0.4, -0.2) is 60.6 Å². The number of nitrogens with zero attached hydrogens (tertiary/aromatic N) is 8. The third kappa shape index (κ3) is 3.07. The zero-order valence-corrected chi connectivity index (χ0v) is 17.8. The zero-order valence-electron chi connectivity index (χ0n) is 17.8. The van der Waals surface area contributed by atoms with Crippen LogP contribution in [0.4, 0.5) is 5.82 Å². The summed E-state index contributed by atoms with van der Waals surface area (Å²) in [6.07, 6.45) is 12.4. The van der Waals surface area contributed by atoms with Gasteiger partial charge in [0.15, 0.2) is 17.0 Å². The Morgan fingerprint density at radius 2 is 1.75 bits per heavy atom. The van der Waals surface area contributed by atoms with Crippen molar-refractivity contribution in [2.75, 3.05) is 31.2 Å². The van der Waals surface area contributed by atoms with Crippen molar-refractivity contribution in [1.82, 2.24) is 34.3 Å². The highest BCUT2D eigenvalue weighted by Gasteiger charge is 2.32. The summed E-state index contributed by atoms with van der Waals surface area (Å²) < 4.78 is 9.72. The highest BCUT2D eigenvalue weighted by atomic mass is 16.5. The first kappa shape index (κ1) is 18.3. The van der Waals surface area contributed by atoms with Gasteiger partial charge in [0, 0.05) is 43.3 Å². The van der Waals surface area contributed by atoms with Gasteiger partial charge in [-0.25, -0.2) is 9.67 Å². The van der Waals surface area contributed by atoms with E-state index in [1.54, 1.807) is 0 Å². The molecule has 0 spiro atoms. The number of hydrogen-bond donors (Lipinski definition) is 0. The lowest BCUT2D eigenvalue weighted by molar-refractivity contribution is 0.122. The van der Waals surface area contributed by atoms with Gasteiger partial charge in [0.05, 0.1) is 19.4 Å². The van der Waals surface area contributed by atoms with Crippen LogP contribution in [-0.2, 0) is 4.74 Å². The van der Waals surface area contributed by atoms with E-state index in [4.69, 9.17) is 19.7 Å². The standard InChI is InChI=1S/C23H24N8O/c1-2-15(1)17-13-25-30(14-17)23-27-21(29-9-11-32-12-10-29)19-22(28-23)31(18-3-4-18)20(26-19)16-5-7-24-8-6-16/h5-8,13-15,18H,1-4,9-12H2. The highest BCUT2D eigenvalue weighted by molar-refractivity contribution is 5.88. The van der Waals surface area contributed by atoms with Crippen molar-refractivity contribution in [3.63, 3.8) is 0 Å². The Labute approximate surface area is 185 Å². The number of ether oxygens (including phenoxy) is 1. The van der Waals surface area contributed by atoms with Gasteiger partial charge in [0.1, 0.15) is 5.82 Å². The quantitative estimate of drug-likeness (QED) is 0.483. The minimum Gasteiger partial charge on any atom is -0.378 e. The van der Waals surface area contributed by atoms with Crippen LogP contribution < -0.4 is 4.90 Å². The Bertz CT molecular complexity index is 1280. The molecular formula is C23H24N8O. The molecule has 4 aromatic heterocycles. The van der Waals surface area contributed by atoms with Crippen LogP contribution >= 0.6 is 0 Å². The minimum atomic E-state index is 0.420. The smallest absolute Gasteiger partial charge is 0.254 e. The van der Waals surface area contributed by atoms with E-state index < -0.39 is 0 Å². The van der Waals surface area contributed by atoms with Gasteiger partial charge in [-0.15, -0.1) is 0 Å². The second-order valence-electron chi connectivity index (χ2n) is 8.88. The molecule has 0 aromatic carbocycles. The summed E-state index contributed by atoms with van der Waals surface area (Å²) in [7, 11) is 0. The molecule has 1 saturated heterocycles. The molecule has 1 aliphatic heterocycles. The van der Waals surface area contributed by atoms with Crippen LogP contribution in [0.25, 0.3) is 28.5 Å². The fourth-order valence-corrected chi connectivity index (χ4v) is 4.50. The van der Waals surface area contributed by atoms with Gasteiger partial charge in [-0.1, -0.05) is 0 Å². The van der Waals surface area contributed by atoms with Gasteiger partial charge in [-0.2, -0.15) is 15.1 Å². The normalized spacial score (nSPS) is 19.1. The van der Waals surface area contributed by atoms with Gasteiger partial charge in [0.25, 0.3) is 5.95 Å². The highest BCUT2D eigenvalue weighted by Crippen LogP contribution is 2.42. The maximum absolute atomic E-state index is 5.60. The van der Waals surface area contributed by atoms with E-state index in [-0.39, 0.29) is 0 Å². The predicted octanol–water partition coefficient (Wildman–Crippen LogP) is 3.12. The molecule has 0 atom stereocenters. The molecule has 2 aliphatic carbocycles. The van der Waals surface area contributed by atoms with Gasteiger partial charge in [-0.3, -0.25) is 4.98 Å². The molecule has 3 aliphatic rings. The van der Waals surface area contributed by atoms with Gasteiger partial charge < -0.3 is 14.2 Å². The maximum Gasteiger partial charge on any atom is 0.254 e. The lowest BCUT2D eigenvalue weighted by Gasteiger charge is -2.28. The molecule has 32 heavy (non-hydrogen) atoms. The summed E-state index contributed by atoms with van der Waals surface area (Å²) in [4.78, 5) is 21.5. The molecule has 0 radical (unpaired) electrons. The molecule has 0 unspecified atom stereocenters. The Hall–Kier alpha value is -3.33. The fourth-order valence-electron chi connectivity index (χ4n) is 4.50. The number of hydrogen-bond acceptors (Lipinski definition) is 7. The summed E-state index contributed by atoms with van der Waals surface area (Å²) in [5, 5.41) is 4.61. The summed E-state index contributed by atoms with van der Waals surface area (Å²) in [5.74, 6) is 3.05. The van der Waals surface area contributed by atoms with E-state index >= 15 is 0 Å². The fraction of sp³-hybridized carbons (Fsp3) is 0.435. The van der Waals surface area contributed by atoms with Crippen LogP contribution in [0.5, 0.6) is 0 Å². The Morgan fingerprint density at radius 1 is 0.938 bits per heavy atom. The maximum atomic E-state index is 5.60. The van der Waals surface area contributed by atoms with E-state index in [1.807, 2.05) is 35.4 Å². The van der Waals surface area contributed by atoms with Crippen molar-refractivity contribution in [3.8, 4) is 17.3 Å². The van der Waals surface area contributed by atoms with Crippen LogP contribution in [0, 0.1) is 0 Å². The van der Waals surface area contributed by atoms with Crippen molar-refractivity contribution >= 4 is 17.0 Å². The lowest BCUT2D eigenvalue weighted by Crippen LogP contribution is -2.37. The van der Waals surface area contributed by atoms with Gasteiger partial charge in [0.2, 0.25) is 0 Å². The molecule has 3 fully saturated rings. The van der Waals surface area contributed by atoms with Crippen LogP contribution in [0.15, 0.2) is 36.9 Å². The molecule has 5 heterocycles. The molecular weight excluding hydrogens is 404 g/mol. The summed E-state index contributed by atoms with van der Waals surface area (Å²) in [5.41, 5.74) is 4.06. The van der Waals surface area contributed by atoms with E-state index in [0.717, 1.165) is 54.3 Å². The Kier molecular flexibility index (Phi) is 4.05. The zero-order chi connectivity index (χ0) is 21.1. The topological polar surface area (TPSA) is 86.8 Å². The van der Waals surface area contributed by atoms with E-state index in [2.05, 4.69) is 25.7 Å². The first-order valence-corrected chi connectivity index (χ1v) is 11.4. The monoisotopic (exact) mass is 428 g/mol. The van der Waals surface area contributed by atoms with Crippen molar-refractivity contribution in [1.29, 1.82) is 0 Å². The molecule has 7 rings (SSSR count). The molecule has 0 N–H and O–H groups in total. The van der Waals surface area contributed by atoms with Gasteiger partial charge >= 0.3 is 0 Å². The third-order valence-electron chi connectivity index (χ3n) is 6.53. The minimum absolute atomic E-state index is 0.420. The largest absolute Gasteiger partial charge is 0.378 e. The Morgan fingerprint density at radius 3 is 2.50 bits per heavy atom. The molecule has 9 nitrogen and oxygen atoms in total.